The molecule has 0 aliphatic carbocycles. The van der Waals surface area contributed by atoms with E-state index in [9.17, 15) is 5.26 Å². The second kappa shape index (κ2) is 8.68. The maximum Gasteiger partial charge on any atom is 0.134 e. The van der Waals surface area contributed by atoms with Crippen molar-refractivity contribution in [2.24, 2.45) is 0 Å². The highest BCUT2D eigenvalue weighted by Crippen LogP contribution is 2.39. The van der Waals surface area contributed by atoms with Gasteiger partial charge in [0.15, 0.2) is 0 Å². The first-order valence-corrected chi connectivity index (χ1v) is 11.8. The van der Waals surface area contributed by atoms with Gasteiger partial charge in [0.25, 0.3) is 0 Å². The number of hydrogen-bond acceptors (Lipinski definition) is 7. The van der Waals surface area contributed by atoms with Crippen LogP contribution in [-0.4, -0.2) is 59.8 Å². The molecular formula is C25H32N6O. The summed E-state index contributed by atoms with van der Waals surface area (Å²) in [4.78, 5) is 14.4. The van der Waals surface area contributed by atoms with E-state index < -0.39 is 0 Å². The molecule has 5 heterocycles. The predicted octanol–water partition coefficient (Wildman–Crippen LogP) is 3.83. The number of pyridine rings is 2. The SMILES string of the molecule is C[C@@H]1CCCN1c1cc(C2(C)CCN(C3COC3)CC2)cc(Nc2cc(C#N)ccn2)n1. The molecule has 7 nitrogen and oxygen atoms in total. The molecule has 168 valence electrons. The number of piperidine rings is 1. The van der Waals surface area contributed by atoms with Gasteiger partial charge in [0.2, 0.25) is 0 Å². The molecule has 3 aliphatic rings. The quantitative estimate of drug-likeness (QED) is 0.769. The van der Waals surface area contributed by atoms with Gasteiger partial charge < -0.3 is 15.0 Å². The van der Waals surface area contributed by atoms with Gasteiger partial charge in [-0.2, -0.15) is 5.26 Å². The Morgan fingerprint density at radius 3 is 2.62 bits per heavy atom. The smallest absolute Gasteiger partial charge is 0.134 e. The first-order valence-electron chi connectivity index (χ1n) is 11.8. The van der Waals surface area contributed by atoms with Crippen LogP contribution in [0.25, 0.3) is 0 Å². The highest BCUT2D eigenvalue weighted by Gasteiger charge is 2.37. The van der Waals surface area contributed by atoms with Gasteiger partial charge in [-0.25, -0.2) is 9.97 Å². The molecule has 1 N–H and O–H groups in total. The number of nitrogens with one attached hydrogen (secondary N) is 1. The topological polar surface area (TPSA) is 77.3 Å². The Bertz CT molecular complexity index is 1010. The van der Waals surface area contributed by atoms with Crippen molar-refractivity contribution < 1.29 is 4.74 Å². The number of anilines is 3. The molecule has 7 heteroatoms. The lowest BCUT2D eigenvalue weighted by Crippen LogP contribution is -2.53. The molecule has 3 saturated heterocycles. The van der Waals surface area contributed by atoms with Crippen LogP contribution in [-0.2, 0) is 10.2 Å². The molecule has 2 aromatic heterocycles. The van der Waals surface area contributed by atoms with Gasteiger partial charge in [0, 0.05) is 18.8 Å². The fourth-order valence-electron chi connectivity index (χ4n) is 5.15. The summed E-state index contributed by atoms with van der Waals surface area (Å²) in [6.07, 6.45) is 6.33. The average molecular weight is 433 g/mol. The third kappa shape index (κ3) is 4.17. The van der Waals surface area contributed by atoms with E-state index in [-0.39, 0.29) is 5.41 Å². The van der Waals surface area contributed by atoms with E-state index in [0.29, 0.717) is 23.5 Å². The highest BCUT2D eigenvalue weighted by atomic mass is 16.5. The third-order valence-electron chi connectivity index (χ3n) is 7.54. The molecule has 3 fully saturated rings. The normalized spacial score (nSPS) is 23.5. The van der Waals surface area contributed by atoms with Gasteiger partial charge in [-0.05, 0) is 80.9 Å². The van der Waals surface area contributed by atoms with E-state index in [1.165, 1.54) is 18.4 Å². The molecule has 1 atom stereocenters. The lowest BCUT2D eigenvalue weighted by molar-refractivity contribution is -0.0751. The molecular weight excluding hydrogens is 400 g/mol. The van der Waals surface area contributed by atoms with Crippen molar-refractivity contribution in [3.05, 3.63) is 41.6 Å². The predicted molar refractivity (Wildman–Crippen MR) is 125 cm³/mol. The molecule has 0 amide bonds. The van der Waals surface area contributed by atoms with Crippen LogP contribution in [0.2, 0.25) is 0 Å². The number of likely N-dealkylation sites (tertiary alicyclic amines) is 1. The van der Waals surface area contributed by atoms with Crippen LogP contribution in [0.1, 0.15) is 50.7 Å². The van der Waals surface area contributed by atoms with Gasteiger partial charge in [-0.1, -0.05) is 6.92 Å². The summed E-state index contributed by atoms with van der Waals surface area (Å²) in [5.41, 5.74) is 2.04. The van der Waals surface area contributed by atoms with E-state index in [1.807, 2.05) is 0 Å². The van der Waals surface area contributed by atoms with E-state index in [0.717, 1.165) is 57.3 Å². The van der Waals surface area contributed by atoms with Crippen molar-refractivity contribution in [3.8, 4) is 6.07 Å². The molecule has 0 bridgehead atoms. The van der Waals surface area contributed by atoms with Crippen molar-refractivity contribution in [1.29, 1.82) is 5.26 Å². The molecule has 2 aromatic rings. The van der Waals surface area contributed by atoms with E-state index >= 15 is 0 Å². The Labute approximate surface area is 190 Å². The van der Waals surface area contributed by atoms with Crippen LogP contribution in [0.3, 0.4) is 0 Å². The third-order valence-corrected chi connectivity index (χ3v) is 7.54. The number of nitrogens with zero attached hydrogens (tertiary/aromatic N) is 5. The zero-order valence-electron chi connectivity index (χ0n) is 19.0. The van der Waals surface area contributed by atoms with Crippen LogP contribution in [0, 0.1) is 11.3 Å². The number of nitriles is 1. The summed E-state index contributed by atoms with van der Waals surface area (Å²) in [5, 5.41) is 12.6. The second-order valence-corrected chi connectivity index (χ2v) is 9.74. The molecule has 3 aliphatic heterocycles. The number of aromatic nitrogens is 2. The van der Waals surface area contributed by atoms with Crippen LogP contribution in [0.5, 0.6) is 0 Å². The summed E-state index contributed by atoms with van der Waals surface area (Å²) in [6.45, 7) is 9.70. The van der Waals surface area contributed by atoms with Gasteiger partial charge in [0.05, 0.1) is 30.9 Å². The van der Waals surface area contributed by atoms with Crippen LogP contribution in [0.15, 0.2) is 30.5 Å². The Balaban J connectivity index is 1.44. The fraction of sp³-hybridized carbons (Fsp3) is 0.560. The monoisotopic (exact) mass is 432 g/mol. The fourth-order valence-corrected chi connectivity index (χ4v) is 5.15. The summed E-state index contributed by atoms with van der Waals surface area (Å²) in [6, 6.07) is 11.3. The molecule has 0 aromatic carbocycles. The Morgan fingerprint density at radius 2 is 1.97 bits per heavy atom. The summed E-state index contributed by atoms with van der Waals surface area (Å²) in [7, 11) is 0. The lowest BCUT2D eigenvalue weighted by atomic mass is 9.74. The number of hydrogen-bond donors (Lipinski definition) is 1. The summed E-state index contributed by atoms with van der Waals surface area (Å²) >= 11 is 0. The van der Waals surface area contributed by atoms with E-state index in [1.54, 1.807) is 18.3 Å². The minimum Gasteiger partial charge on any atom is -0.378 e. The Morgan fingerprint density at radius 1 is 1.16 bits per heavy atom. The first-order chi connectivity index (χ1) is 15.5. The first kappa shape index (κ1) is 21.2. The second-order valence-electron chi connectivity index (χ2n) is 9.74. The number of ether oxygens (including phenoxy) is 1. The molecule has 0 unspecified atom stereocenters. The Kier molecular flexibility index (Phi) is 5.75. The van der Waals surface area contributed by atoms with Crippen molar-refractivity contribution in [3.63, 3.8) is 0 Å². The summed E-state index contributed by atoms with van der Waals surface area (Å²) in [5.74, 6) is 2.50. The van der Waals surface area contributed by atoms with Gasteiger partial charge in [-0.3, -0.25) is 4.90 Å². The lowest BCUT2D eigenvalue weighted by Gasteiger charge is -2.45. The standard InChI is InChI=1S/C25H32N6O/c1-18-4-3-9-31(18)24-14-20(25(2)6-10-30(11-7-25)21-16-32-17-21)13-23(29-24)28-22-12-19(15-26)5-8-27-22/h5,8,12-14,18,21H,3-4,6-7,9-11,16-17H2,1-2H3,(H,27,28,29)/t18-/m1/s1. The van der Waals surface area contributed by atoms with Crippen molar-refractivity contribution in [2.45, 2.75) is 57.0 Å². The summed E-state index contributed by atoms with van der Waals surface area (Å²) < 4.78 is 5.41. The zero-order chi connectivity index (χ0) is 22.1. The maximum atomic E-state index is 9.24. The molecule has 5 rings (SSSR count). The zero-order valence-corrected chi connectivity index (χ0v) is 19.0. The highest BCUT2D eigenvalue weighted by molar-refractivity contribution is 5.60. The van der Waals surface area contributed by atoms with Gasteiger partial charge >= 0.3 is 0 Å². The molecule has 0 spiro atoms. The minimum absolute atomic E-state index is 0.111. The minimum atomic E-state index is 0.111. The Hall–Kier alpha value is -2.69. The number of rotatable bonds is 5. The van der Waals surface area contributed by atoms with Crippen LogP contribution >= 0.6 is 0 Å². The van der Waals surface area contributed by atoms with Crippen molar-refractivity contribution >= 4 is 17.5 Å². The van der Waals surface area contributed by atoms with Crippen molar-refractivity contribution in [1.82, 2.24) is 14.9 Å². The molecule has 0 radical (unpaired) electrons. The molecule has 0 saturated carbocycles. The van der Waals surface area contributed by atoms with Crippen LogP contribution in [0.4, 0.5) is 17.5 Å². The maximum absolute atomic E-state index is 9.24. The van der Waals surface area contributed by atoms with Gasteiger partial charge in [-0.15, -0.1) is 0 Å². The van der Waals surface area contributed by atoms with E-state index in [4.69, 9.17) is 9.72 Å². The van der Waals surface area contributed by atoms with Crippen molar-refractivity contribution in [2.75, 3.05) is 43.1 Å². The molecule has 32 heavy (non-hydrogen) atoms. The van der Waals surface area contributed by atoms with Gasteiger partial charge in [0.1, 0.15) is 17.5 Å². The van der Waals surface area contributed by atoms with Crippen LogP contribution < -0.4 is 10.2 Å². The average Bonchev–Trinajstić information content (AvgIpc) is 3.20. The van der Waals surface area contributed by atoms with E-state index in [2.05, 4.69) is 52.2 Å². The largest absolute Gasteiger partial charge is 0.378 e.